The van der Waals surface area contributed by atoms with Crippen molar-refractivity contribution in [3.8, 4) is 11.4 Å². The molecule has 0 bridgehead atoms. The Hall–Kier alpha value is -4.26. The number of H-pyrrole nitrogens is 1. The summed E-state index contributed by atoms with van der Waals surface area (Å²) in [6.45, 7) is 0.488. The lowest BCUT2D eigenvalue weighted by Gasteiger charge is -2.09. The average Bonchev–Trinajstić information content (AvgIpc) is 3.36. The molecule has 4 heterocycles. The summed E-state index contributed by atoms with van der Waals surface area (Å²) < 4.78 is 46.1. The molecule has 4 aromatic heterocycles. The number of halogens is 4. The number of benzene rings is 1. The number of hydrogen-bond donors (Lipinski definition) is 2. The normalized spacial score (nSPS) is 14.6. The molecule has 0 aliphatic heterocycles. The van der Waals surface area contributed by atoms with E-state index in [1.165, 1.54) is 34.0 Å². The van der Waals surface area contributed by atoms with Crippen LogP contribution >= 0.6 is 11.6 Å². The summed E-state index contributed by atoms with van der Waals surface area (Å²) in [5.41, 5.74) is -0.827. The molecule has 1 saturated carbocycles. The van der Waals surface area contributed by atoms with Crippen molar-refractivity contribution in [1.29, 1.82) is 0 Å². The van der Waals surface area contributed by atoms with Crippen LogP contribution < -0.4 is 11.2 Å². The van der Waals surface area contributed by atoms with Crippen molar-refractivity contribution in [2.24, 2.45) is 25.2 Å². The Morgan fingerprint density at radius 3 is 2.65 bits per heavy atom. The largest absolute Gasteiger partial charge is 0.437 e. The minimum absolute atomic E-state index is 0.0999. The number of hydrogen-bond acceptors (Lipinski definition) is 5. The third kappa shape index (κ3) is 4.21. The van der Waals surface area contributed by atoms with E-state index in [4.69, 9.17) is 21.9 Å². The van der Waals surface area contributed by atoms with Crippen LogP contribution in [0.5, 0.6) is 0 Å². The van der Waals surface area contributed by atoms with E-state index in [1.54, 1.807) is 18.3 Å². The van der Waals surface area contributed by atoms with E-state index in [9.17, 15) is 22.8 Å². The number of fused-ring (bicyclic) bond motifs is 2. The van der Waals surface area contributed by atoms with Crippen molar-refractivity contribution >= 4 is 39.2 Å². The van der Waals surface area contributed by atoms with Crippen LogP contribution in [0, 0.1) is 5.92 Å². The van der Waals surface area contributed by atoms with Crippen LogP contribution in [0.1, 0.15) is 24.0 Å². The van der Waals surface area contributed by atoms with Gasteiger partial charge in [-0.25, -0.2) is 4.79 Å². The monoisotopic (exact) mass is 573 g/mol. The summed E-state index contributed by atoms with van der Waals surface area (Å²) in [6, 6.07) is 6.53. The molecule has 0 amide bonds. The first-order valence-corrected chi connectivity index (χ1v) is 12.8. The van der Waals surface area contributed by atoms with Crippen LogP contribution in [0.2, 0.25) is 5.02 Å². The van der Waals surface area contributed by atoms with Gasteiger partial charge in [0.15, 0.2) is 11.4 Å². The van der Waals surface area contributed by atoms with E-state index in [0.29, 0.717) is 11.6 Å². The third-order valence-corrected chi connectivity index (χ3v) is 7.54. The predicted molar refractivity (Wildman–Crippen MR) is 143 cm³/mol. The van der Waals surface area contributed by atoms with Crippen LogP contribution in [0.15, 0.2) is 51.4 Å². The van der Waals surface area contributed by atoms with Gasteiger partial charge in [-0.15, -0.1) is 0 Å². The lowest BCUT2D eigenvalue weighted by Crippen LogP contribution is -2.38. The van der Waals surface area contributed by atoms with Gasteiger partial charge in [0.05, 0.1) is 12.2 Å². The molecule has 0 unspecified atom stereocenters. The molecule has 0 atom stereocenters. The second-order valence-corrected chi connectivity index (χ2v) is 10.5. The van der Waals surface area contributed by atoms with Gasteiger partial charge >= 0.3 is 11.9 Å². The smallest absolute Gasteiger partial charge is 0.410 e. The van der Waals surface area contributed by atoms with E-state index in [1.807, 2.05) is 6.07 Å². The van der Waals surface area contributed by atoms with E-state index >= 15 is 0 Å². The second-order valence-electron chi connectivity index (χ2n) is 10.1. The van der Waals surface area contributed by atoms with Gasteiger partial charge in [0.1, 0.15) is 11.1 Å². The highest BCUT2D eigenvalue weighted by atomic mass is 35.5. The lowest BCUT2D eigenvalue weighted by molar-refractivity contribution is -0.0601. The van der Waals surface area contributed by atoms with Crippen molar-refractivity contribution in [1.82, 2.24) is 28.5 Å². The summed E-state index contributed by atoms with van der Waals surface area (Å²) in [5, 5.41) is 17.7. The maximum Gasteiger partial charge on any atom is 0.437 e. The number of aromatic amines is 1. The quantitative estimate of drug-likeness (QED) is 0.180. The zero-order chi connectivity index (χ0) is 28.5. The Morgan fingerprint density at radius 2 is 1.98 bits per heavy atom. The second kappa shape index (κ2) is 9.15. The first-order chi connectivity index (χ1) is 19.0. The first-order valence-electron chi connectivity index (χ1n) is 12.4. The highest BCUT2D eigenvalue weighted by Crippen LogP contribution is 2.34. The molecule has 14 heteroatoms. The lowest BCUT2D eigenvalue weighted by atomic mass is 10.1. The van der Waals surface area contributed by atoms with E-state index < -0.39 is 28.7 Å². The Bertz CT molecular complexity index is 1950. The number of nitrogens with zero attached hydrogens (tertiary/aromatic N) is 6. The molecular formula is C26H23ClF3N7O3. The standard InChI is InChI=1S/C26H23ClF3N7O3/c1-34-11-14(22(33-40)26(28,29)30)7-19(34)21-20-23(36(10-13-3-4-13)25(39)35(2)24(20)38)32-37(21)12-15-9-31-18-6-5-16(27)8-17(15)18/h5-9,11,13,31,40H,3-4,10,12H2,1-2H3/b33-22-. The van der Waals surface area contributed by atoms with Gasteiger partial charge in [0.25, 0.3) is 5.56 Å². The number of aromatic nitrogens is 6. The minimum atomic E-state index is -4.92. The summed E-state index contributed by atoms with van der Waals surface area (Å²) in [7, 11) is 2.89. The van der Waals surface area contributed by atoms with Gasteiger partial charge in [-0.05, 0) is 48.6 Å². The van der Waals surface area contributed by atoms with E-state index in [2.05, 4.69) is 10.1 Å². The van der Waals surface area contributed by atoms with Crippen LogP contribution in [-0.2, 0) is 27.2 Å². The predicted octanol–water partition coefficient (Wildman–Crippen LogP) is 4.24. The molecule has 2 N–H and O–H groups in total. The molecule has 0 spiro atoms. The highest BCUT2D eigenvalue weighted by Gasteiger charge is 2.39. The van der Waals surface area contributed by atoms with Crippen molar-refractivity contribution in [2.75, 3.05) is 0 Å². The first kappa shape index (κ1) is 26.0. The fraction of sp³-hybridized carbons (Fsp3) is 0.308. The minimum Gasteiger partial charge on any atom is -0.410 e. The van der Waals surface area contributed by atoms with Crippen LogP contribution in [-0.4, -0.2) is 45.6 Å². The number of nitrogens with one attached hydrogen (secondary N) is 1. The van der Waals surface area contributed by atoms with Gasteiger partial charge in [-0.3, -0.25) is 18.6 Å². The fourth-order valence-corrected chi connectivity index (χ4v) is 5.28. The van der Waals surface area contributed by atoms with Crippen LogP contribution in [0.4, 0.5) is 13.2 Å². The zero-order valence-corrected chi connectivity index (χ0v) is 22.1. The summed E-state index contributed by atoms with van der Waals surface area (Å²) >= 11 is 6.23. The molecule has 1 aromatic carbocycles. The average molecular weight is 574 g/mol. The molecule has 6 rings (SSSR count). The highest BCUT2D eigenvalue weighted by molar-refractivity contribution is 6.31. The molecule has 5 aromatic rings. The van der Waals surface area contributed by atoms with E-state index in [-0.39, 0.29) is 34.9 Å². The molecule has 208 valence electrons. The molecule has 10 nitrogen and oxygen atoms in total. The summed E-state index contributed by atoms with van der Waals surface area (Å²) in [6.07, 6.45) is -0.0924. The van der Waals surface area contributed by atoms with Crippen molar-refractivity contribution in [2.45, 2.75) is 32.1 Å². The SMILES string of the molecule is Cn1cc(/C(=N/O)C(F)(F)F)cc1-c1c2c(=O)n(C)c(=O)n(CC3CC3)c2nn1Cc1c[nH]c2ccc(Cl)cc12. The molecule has 1 aliphatic rings. The number of aryl methyl sites for hydroxylation is 1. The van der Waals surface area contributed by atoms with E-state index in [0.717, 1.165) is 40.1 Å². The number of rotatable bonds is 6. The van der Waals surface area contributed by atoms with Gasteiger partial charge in [0.2, 0.25) is 0 Å². The van der Waals surface area contributed by atoms with Crippen molar-refractivity contribution in [3.05, 3.63) is 73.6 Å². The van der Waals surface area contributed by atoms with Crippen LogP contribution in [0.25, 0.3) is 33.3 Å². The topological polar surface area (TPSA) is 115 Å². The van der Waals surface area contributed by atoms with Crippen molar-refractivity contribution in [3.63, 3.8) is 0 Å². The summed E-state index contributed by atoms with van der Waals surface area (Å²) in [5.74, 6) is 0.277. The van der Waals surface area contributed by atoms with Gasteiger partial charge < -0.3 is 14.8 Å². The fourth-order valence-electron chi connectivity index (χ4n) is 5.11. The molecule has 1 aliphatic carbocycles. The Labute approximate surface area is 228 Å². The Morgan fingerprint density at radius 1 is 1.23 bits per heavy atom. The molecule has 0 radical (unpaired) electrons. The molecule has 1 fully saturated rings. The van der Waals surface area contributed by atoms with Gasteiger partial charge in [-0.1, -0.05) is 16.8 Å². The Kier molecular flexibility index (Phi) is 5.95. The zero-order valence-electron chi connectivity index (χ0n) is 21.3. The van der Waals surface area contributed by atoms with Crippen LogP contribution in [0.3, 0.4) is 0 Å². The maximum absolute atomic E-state index is 13.6. The third-order valence-electron chi connectivity index (χ3n) is 7.30. The molecule has 0 saturated heterocycles. The summed E-state index contributed by atoms with van der Waals surface area (Å²) in [4.78, 5) is 29.9. The molecule has 40 heavy (non-hydrogen) atoms. The number of alkyl halides is 3. The Balaban J connectivity index is 1.64. The number of oxime groups is 1. The maximum atomic E-state index is 13.6. The van der Waals surface area contributed by atoms with Gasteiger partial charge in [-0.2, -0.15) is 18.3 Å². The van der Waals surface area contributed by atoms with Crippen molar-refractivity contribution < 1.29 is 18.4 Å². The molecular weight excluding hydrogens is 551 g/mol. The van der Waals surface area contributed by atoms with Gasteiger partial charge in [0, 0.05) is 54.5 Å².